The van der Waals surface area contributed by atoms with E-state index in [0.717, 1.165) is 24.9 Å². The minimum Gasteiger partial charge on any atom is -0.330 e. The maximum atomic E-state index is 5.50. The lowest BCUT2D eigenvalue weighted by molar-refractivity contribution is 0.745. The highest BCUT2D eigenvalue weighted by Crippen LogP contribution is 2.08. The molecule has 0 atom stereocenters. The topological polar surface area (TPSA) is 26.0 Å². The number of hydrogen-bond donors (Lipinski definition) is 1. The monoisotopic (exact) mass is 245 g/mol. The van der Waals surface area contributed by atoms with Gasteiger partial charge in [-0.2, -0.15) is 0 Å². The Morgan fingerprint density at radius 3 is 2.59 bits per heavy atom. The highest BCUT2D eigenvalue weighted by molar-refractivity contribution is 6.83. The van der Waals surface area contributed by atoms with Gasteiger partial charge in [-0.1, -0.05) is 37.7 Å². The van der Waals surface area contributed by atoms with Crippen molar-refractivity contribution in [3.63, 3.8) is 0 Å². The Morgan fingerprint density at radius 1 is 1.18 bits per heavy atom. The maximum Gasteiger partial charge on any atom is 0.129 e. The Labute approximate surface area is 106 Å². The summed E-state index contributed by atoms with van der Waals surface area (Å²) in [5.41, 5.74) is 11.4. The summed E-state index contributed by atoms with van der Waals surface area (Å²) in [5.74, 6) is 3.30. The van der Waals surface area contributed by atoms with E-state index < -0.39 is 8.07 Å². The van der Waals surface area contributed by atoms with Gasteiger partial charge in [0, 0.05) is 5.56 Å². The molecule has 0 saturated heterocycles. The molecule has 1 rings (SSSR count). The third kappa shape index (κ3) is 6.30. The van der Waals surface area contributed by atoms with Crippen molar-refractivity contribution in [3.8, 4) is 11.5 Å². The van der Waals surface area contributed by atoms with Gasteiger partial charge in [-0.15, -0.1) is 5.54 Å². The van der Waals surface area contributed by atoms with E-state index in [1.165, 1.54) is 12.0 Å². The van der Waals surface area contributed by atoms with Gasteiger partial charge >= 0.3 is 0 Å². The molecule has 0 spiro atoms. The zero-order valence-corrected chi connectivity index (χ0v) is 12.2. The van der Waals surface area contributed by atoms with E-state index in [1.807, 2.05) is 0 Å². The fourth-order valence-electron chi connectivity index (χ4n) is 1.54. The molecule has 92 valence electrons. The van der Waals surface area contributed by atoms with Gasteiger partial charge < -0.3 is 5.73 Å². The fraction of sp³-hybridized carbons (Fsp3) is 0.467. The van der Waals surface area contributed by atoms with E-state index in [9.17, 15) is 0 Å². The van der Waals surface area contributed by atoms with Gasteiger partial charge in [-0.25, -0.2) is 0 Å². The van der Waals surface area contributed by atoms with E-state index in [2.05, 4.69) is 55.4 Å². The van der Waals surface area contributed by atoms with Crippen LogP contribution in [0.3, 0.4) is 0 Å². The second-order valence-corrected chi connectivity index (χ2v) is 10.2. The first-order valence-corrected chi connectivity index (χ1v) is 9.83. The lowest BCUT2D eigenvalue weighted by Gasteiger charge is -2.04. The molecule has 0 amide bonds. The van der Waals surface area contributed by atoms with Crippen molar-refractivity contribution in [1.82, 2.24) is 0 Å². The molecule has 0 bridgehead atoms. The third-order valence-electron chi connectivity index (χ3n) is 2.43. The molecule has 2 heteroatoms. The van der Waals surface area contributed by atoms with Crippen LogP contribution in [0, 0.1) is 11.5 Å². The largest absolute Gasteiger partial charge is 0.330 e. The summed E-state index contributed by atoms with van der Waals surface area (Å²) in [6.45, 7) is 7.59. The van der Waals surface area contributed by atoms with Crippen molar-refractivity contribution in [3.05, 3.63) is 35.4 Å². The molecule has 0 radical (unpaired) electrons. The van der Waals surface area contributed by atoms with E-state index in [1.54, 1.807) is 0 Å². The maximum absolute atomic E-state index is 5.50. The van der Waals surface area contributed by atoms with Gasteiger partial charge in [-0.05, 0) is 43.5 Å². The minimum absolute atomic E-state index is 0.787. The van der Waals surface area contributed by atoms with Crippen molar-refractivity contribution in [2.24, 2.45) is 5.73 Å². The van der Waals surface area contributed by atoms with Crippen LogP contribution in [0.1, 0.15) is 24.0 Å². The second-order valence-electron chi connectivity index (χ2n) is 5.45. The molecule has 0 aliphatic rings. The second kappa shape index (κ2) is 6.63. The number of hydrogen-bond acceptors (Lipinski definition) is 1. The van der Waals surface area contributed by atoms with Crippen LogP contribution in [0.4, 0.5) is 0 Å². The van der Waals surface area contributed by atoms with E-state index in [4.69, 9.17) is 5.73 Å². The van der Waals surface area contributed by atoms with E-state index in [0.29, 0.717) is 0 Å². The molecule has 0 saturated carbocycles. The molecule has 0 unspecified atom stereocenters. The fourth-order valence-corrected chi connectivity index (χ4v) is 2.06. The Balaban J connectivity index is 2.68. The van der Waals surface area contributed by atoms with Crippen LogP contribution in [0.5, 0.6) is 0 Å². The molecule has 1 aromatic carbocycles. The Bertz CT molecular complexity index is 407. The number of aryl methyl sites for hydroxylation is 1. The van der Waals surface area contributed by atoms with Crippen molar-refractivity contribution < 1.29 is 0 Å². The first kappa shape index (κ1) is 14.0. The molecule has 1 aromatic rings. The van der Waals surface area contributed by atoms with Gasteiger partial charge in [0.15, 0.2) is 0 Å². The van der Waals surface area contributed by atoms with Crippen LogP contribution in [0.25, 0.3) is 0 Å². The minimum atomic E-state index is -1.27. The van der Waals surface area contributed by atoms with Crippen LogP contribution >= 0.6 is 0 Å². The van der Waals surface area contributed by atoms with Crippen LogP contribution in [-0.2, 0) is 6.42 Å². The van der Waals surface area contributed by atoms with Crippen LogP contribution in [0.15, 0.2) is 24.3 Å². The van der Waals surface area contributed by atoms with Crippen molar-refractivity contribution in [2.75, 3.05) is 6.54 Å². The first-order valence-electron chi connectivity index (χ1n) is 6.33. The summed E-state index contributed by atoms with van der Waals surface area (Å²) in [4.78, 5) is 0. The predicted molar refractivity (Wildman–Crippen MR) is 78.7 cm³/mol. The number of nitrogens with two attached hydrogens (primary N) is 1. The molecule has 2 N–H and O–H groups in total. The SMILES string of the molecule is C[Si](C)(C)C#Cc1cccc(CCCCN)c1. The molecule has 0 aromatic heterocycles. The van der Waals surface area contributed by atoms with Crippen molar-refractivity contribution >= 4 is 8.07 Å². The molecule has 0 aliphatic carbocycles. The zero-order chi connectivity index (χ0) is 12.7. The molecular formula is C15H23NSi. The first-order chi connectivity index (χ1) is 8.01. The van der Waals surface area contributed by atoms with Gasteiger partial charge in [0.05, 0.1) is 0 Å². The van der Waals surface area contributed by atoms with Gasteiger partial charge in [0.2, 0.25) is 0 Å². The number of unbranched alkanes of at least 4 members (excludes halogenated alkanes) is 1. The van der Waals surface area contributed by atoms with Crippen molar-refractivity contribution in [2.45, 2.75) is 38.9 Å². The third-order valence-corrected chi connectivity index (χ3v) is 3.30. The summed E-state index contributed by atoms with van der Waals surface area (Å²) >= 11 is 0. The van der Waals surface area contributed by atoms with Gasteiger partial charge in [-0.3, -0.25) is 0 Å². The summed E-state index contributed by atoms with van der Waals surface area (Å²) < 4.78 is 0. The summed E-state index contributed by atoms with van der Waals surface area (Å²) in [6.07, 6.45) is 3.38. The highest BCUT2D eigenvalue weighted by Gasteiger charge is 2.07. The Kier molecular flexibility index (Phi) is 5.47. The lowest BCUT2D eigenvalue weighted by Crippen LogP contribution is -2.16. The molecule has 17 heavy (non-hydrogen) atoms. The average Bonchev–Trinajstić information content (AvgIpc) is 2.27. The zero-order valence-electron chi connectivity index (χ0n) is 11.2. The normalized spacial score (nSPS) is 10.8. The lowest BCUT2D eigenvalue weighted by atomic mass is 10.1. The molecule has 0 fully saturated rings. The quantitative estimate of drug-likeness (QED) is 0.492. The smallest absolute Gasteiger partial charge is 0.129 e. The van der Waals surface area contributed by atoms with E-state index in [-0.39, 0.29) is 0 Å². The molecule has 1 nitrogen and oxygen atoms in total. The Hall–Kier alpha value is -1.04. The average molecular weight is 245 g/mol. The Morgan fingerprint density at radius 2 is 1.94 bits per heavy atom. The molecule has 0 heterocycles. The van der Waals surface area contributed by atoms with Crippen LogP contribution in [-0.4, -0.2) is 14.6 Å². The highest BCUT2D eigenvalue weighted by atomic mass is 28.3. The van der Waals surface area contributed by atoms with Gasteiger partial charge in [0.25, 0.3) is 0 Å². The van der Waals surface area contributed by atoms with Crippen LogP contribution < -0.4 is 5.73 Å². The van der Waals surface area contributed by atoms with Gasteiger partial charge in [0.1, 0.15) is 8.07 Å². The van der Waals surface area contributed by atoms with Crippen molar-refractivity contribution in [1.29, 1.82) is 0 Å². The van der Waals surface area contributed by atoms with Crippen LogP contribution in [0.2, 0.25) is 19.6 Å². The summed E-state index contributed by atoms with van der Waals surface area (Å²) in [6, 6.07) is 8.59. The standard InChI is InChI=1S/C15H23NSi/c1-17(2,3)12-10-15-9-6-8-14(13-15)7-4-5-11-16/h6,8-9,13H,4-5,7,11,16H2,1-3H3. The summed E-state index contributed by atoms with van der Waals surface area (Å²) in [7, 11) is -1.27. The molecular weight excluding hydrogens is 222 g/mol. The molecule has 0 aliphatic heterocycles. The number of rotatable bonds is 4. The number of benzene rings is 1. The predicted octanol–water partition coefficient (Wildman–Crippen LogP) is 3.20. The van der Waals surface area contributed by atoms with E-state index >= 15 is 0 Å². The summed E-state index contributed by atoms with van der Waals surface area (Å²) in [5, 5.41) is 0.